The molecule has 2 atom stereocenters. The molecule has 0 radical (unpaired) electrons. The van der Waals surface area contributed by atoms with E-state index in [0.717, 1.165) is 38.9 Å². The van der Waals surface area contributed by atoms with Crippen molar-refractivity contribution in [3.8, 4) is 0 Å². The van der Waals surface area contributed by atoms with E-state index in [1.807, 2.05) is 13.0 Å². The fourth-order valence-corrected chi connectivity index (χ4v) is 4.27. The van der Waals surface area contributed by atoms with Crippen molar-refractivity contribution in [2.75, 3.05) is 25.5 Å². The van der Waals surface area contributed by atoms with Gasteiger partial charge in [0, 0.05) is 31.3 Å². The normalized spacial score (nSPS) is 18.4. The van der Waals surface area contributed by atoms with Crippen LogP contribution in [0, 0.1) is 10.1 Å². The minimum Gasteiger partial charge on any atom is -0.323 e. The summed E-state index contributed by atoms with van der Waals surface area (Å²) in [6, 6.07) is 14.7. The number of anilines is 1. The molecule has 2 aromatic carbocycles. The molecule has 1 aliphatic heterocycles. The summed E-state index contributed by atoms with van der Waals surface area (Å²) >= 11 is 6.12. The van der Waals surface area contributed by atoms with E-state index >= 15 is 0 Å². The van der Waals surface area contributed by atoms with E-state index in [2.05, 4.69) is 46.4 Å². The maximum atomic E-state index is 12.8. The van der Waals surface area contributed by atoms with Gasteiger partial charge in [-0.25, -0.2) is 0 Å². The van der Waals surface area contributed by atoms with E-state index in [0.29, 0.717) is 11.7 Å². The number of amides is 1. The van der Waals surface area contributed by atoms with Crippen LogP contribution < -0.4 is 5.32 Å². The first-order valence-electron chi connectivity index (χ1n) is 10.6. The number of likely N-dealkylation sites (tertiary alicyclic amines) is 1. The van der Waals surface area contributed by atoms with Crippen molar-refractivity contribution in [2.24, 2.45) is 0 Å². The number of nitro benzene ring substituents is 1. The molecule has 1 saturated heterocycles. The molecule has 1 heterocycles. The second-order valence-electron chi connectivity index (χ2n) is 8.11. The van der Waals surface area contributed by atoms with E-state index in [4.69, 9.17) is 11.6 Å². The van der Waals surface area contributed by atoms with Crippen LogP contribution in [-0.2, 0) is 11.3 Å². The zero-order valence-corrected chi connectivity index (χ0v) is 18.7. The molecule has 0 bridgehead atoms. The molecule has 3 rings (SSSR count). The number of hydrogen-bond donors (Lipinski definition) is 1. The molecule has 7 nitrogen and oxygen atoms in total. The molecule has 8 heteroatoms. The van der Waals surface area contributed by atoms with E-state index in [1.165, 1.54) is 23.8 Å². The predicted octanol–water partition coefficient (Wildman–Crippen LogP) is 4.56. The third kappa shape index (κ3) is 6.26. The number of hydrogen-bond acceptors (Lipinski definition) is 5. The van der Waals surface area contributed by atoms with Gasteiger partial charge < -0.3 is 5.32 Å². The summed E-state index contributed by atoms with van der Waals surface area (Å²) in [5.41, 5.74) is 1.59. The number of nitro groups is 1. The summed E-state index contributed by atoms with van der Waals surface area (Å²) in [7, 11) is 2.17. The highest BCUT2D eigenvalue weighted by Crippen LogP contribution is 2.27. The van der Waals surface area contributed by atoms with Gasteiger partial charge in [0.15, 0.2) is 0 Å². The van der Waals surface area contributed by atoms with Crippen LogP contribution in [0.4, 0.5) is 11.4 Å². The minimum absolute atomic E-state index is 0.103. The molecular weight excluding hydrogens is 416 g/mol. The summed E-state index contributed by atoms with van der Waals surface area (Å²) in [6.45, 7) is 4.51. The summed E-state index contributed by atoms with van der Waals surface area (Å²) in [5.74, 6) is -0.160. The van der Waals surface area contributed by atoms with Crippen molar-refractivity contribution in [3.05, 3.63) is 69.2 Å². The smallest absolute Gasteiger partial charge is 0.271 e. The van der Waals surface area contributed by atoms with Gasteiger partial charge in [-0.15, -0.1) is 0 Å². The van der Waals surface area contributed by atoms with E-state index in [1.54, 1.807) is 0 Å². The van der Waals surface area contributed by atoms with Crippen molar-refractivity contribution in [1.29, 1.82) is 0 Å². The molecule has 0 saturated carbocycles. The van der Waals surface area contributed by atoms with Gasteiger partial charge in [-0.3, -0.25) is 24.7 Å². The Morgan fingerprint density at radius 2 is 2.00 bits per heavy atom. The Hall–Kier alpha value is -2.48. The lowest BCUT2D eigenvalue weighted by Crippen LogP contribution is -2.43. The molecule has 2 aromatic rings. The standard InChI is InChI=1S/C23H29ClN4O3/c1-17(23(29)25-22-11-10-20(28(30)31)15-21(22)24)27-13-6-9-19(12-14-27)26(2)16-18-7-4-3-5-8-18/h3-5,7-8,10-11,15,17,19H,6,9,12-14,16H2,1-2H3,(H,25,29)/t17-,19-/m0/s1. The van der Waals surface area contributed by atoms with Crippen LogP contribution in [0.5, 0.6) is 0 Å². The summed E-state index contributed by atoms with van der Waals surface area (Å²) in [4.78, 5) is 27.7. The van der Waals surface area contributed by atoms with Crippen molar-refractivity contribution in [2.45, 2.75) is 44.8 Å². The largest absolute Gasteiger partial charge is 0.323 e. The predicted molar refractivity (Wildman–Crippen MR) is 123 cm³/mol. The monoisotopic (exact) mass is 444 g/mol. The van der Waals surface area contributed by atoms with Crippen molar-refractivity contribution >= 4 is 28.9 Å². The van der Waals surface area contributed by atoms with E-state index in [-0.39, 0.29) is 22.7 Å². The maximum absolute atomic E-state index is 12.8. The number of halogens is 1. The molecule has 0 aliphatic carbocycles. The molecule has 0 spiro atoms. The first-order chi connectivity index (χ1) is 14.8. The minimum atomic E-state index is -0.511. The van der Waals surface area contributed by atoms with Crippen molar-refractivity contribution < 1.29 is 9.72 Å². The van der Waals surface area contributed by atoms with E-state index in [9.17, 15) is 14.9 Å². The van der Waals surface area contributed by atoms with Gasteiger partial charge in [-0.1, -0.05) is 41.9 Å². The Bertz CT molecular complexity index is 909. The third-order valence-electron chi connectivity index (χ3n) is 5.98. The highest BCUT2D eigenvalue weighted by molar-refractivity contribution is 6.34. The van der Waals surface area contributed by atoms with Crippen LogP contribution in [0.2, 0.25) is 5.02 Å². The van der Waals surface area contributed by atoms with Gasteiger partial charge in [0.25, 0.3) is 5.69 Å². The van der Waals surface area contributed by atoms with E-state index < -0.39 is 4.92 Å². The lowest BCUT2D eigenvalue weighted by Gasteiger charge is -2.29. The van der Waals surface area contributed by atoms with Gasteiger partial charge in [0.1, 0.15) is 0 Å². The van der Waals surface area contributed by atoms with Crippen LogP contribution in [0.3, 0.4) is 0 Å². The first-order valence-corrected chi connectivity index (χ1v) is 11.0. The Balaban J connectivity index is 1.55. The lowest BCUT2D eigenvalue weighted by atomic mass is 10.1. The number of nitrogens with zero attached hydrogens (tertiary/aromatic N) is 3. The van der Waals surface area contributed by atoms with Gasteiger partial charge in [-0.05, 0) is 51.4 Å². The Kier molecular flexibility index (Phi) is 8.01. The quantitative estimate of drug-likeness (QED) is 0.500. The number of carbonyl (C=O) groups is 1. The molecule has 1 N–H and O–H groups in total. The van der Waals surface area contributed by atoms with Crippen LogP contribution in [0.25, 0.3) is 0 Å². The number of nitrogens with one attached hydrogen (secondary N) is 1. The van der Waals surface area contributed by atoms with Crippen LogP contribution in [0.15, 0.2) is 48.5 Å². The molecule has 1 aliphatic rings. The molecule has 0 aromatic heterocycles. The average molecular weight is 445 g/mol. The van der Waals surface area contributed by atoms with Gasteiger partial charge in [0.05, 0.1) is 21.7 Å². The molecular formula is C23H29ClN4O3. The van der Waals surface area contributed by atoms with Crippen molar-refractivity contribution in [1.82, 2.24) is 9.80 Å². The number of rotatable bonds is 7. The topological polar surface area (TPSA) is 78.7 Å². The molecule has 31 heavy (non-hydrogen) atoms. The van der Waals surface area contributed by atoms with Crippen LogP contribution >= 0.6 is 11.6 Å². The number of carbonyl (C=O) groups excluding carboxylic acids is 1. The molecule has 166 valence electrons. The third-order valence-corrected chi connectivity index (χ3v) is 6.29. The maximum Gasteiger partial charge on any atom is 0.271 e. The second kappa shape index (κ2) is 10.7. The average Bonchev–Trinajstić information content (AvgIpc) is 3.01. The summed E-state index contributed by atoms with van der Waals surface area (Å²) < 4.78 is 0. The summed E-state index contributed by atoms with van der Waals surface area (Å²) in [6.07, 6.45) is 3.13. The van der Waals surface area contributed by atoms with Gasteiger partial charge in [-0.2, -0.15) is 0 Å². The summed E-state index contributed by atoms with van der Waals surface area (Å²) in [5, 5.41) is 13.8. The fraction of sp³-hybridized carbons (Fsp3) is 0.435. The lowest BCUT2D eigenvalue weighted by molar-refractivity contribution is -0.384. The van der Waals surface area contributed by atoms with Crippen LogP contribution in [-0.4, -0.2) is 52.9 Å². The highest BCUT2D eigenvalue weighted by atomic mass is 35.5. The number of benzene rings is 2. The zero-order chi connectivity index (χ0) is 22.4. The second-order valence-corrected chi connectivity index (χ2v) is 8.52. The zero-order valence-electron chi connectivity index (χ0n) is 18.0. The van der Waals surface area contributed by atoms with Gasteiger partial charge in [0.2, 0.25) is 5.91 Å². The highest BCUT2D eigenvalue weighted by Gasteiger charge is 2.27. The number of non-ortho nitro benzene ring substituents is 1. The molecule has 1 fully saturated rings. The van der Waals surface area contributed by atoms with Gasteiger partial charge >= 0.3 is 0 Å². The Morgan fingerprint density at radius 3 is 2.68 bits per heavy atom. The van der Waals surface area contributed by atoms with Crippen LogP contribution in [0.1, 0.15) is 31.7 Å². The van der Waals surface area contributed by atoms with Crippen molar-refractivity contribution in [3.63, 3.8) is 0 Å². The Morgan fingerprint density at radius 1 is 1.26 bits per heavy atom. The SMILES string of the molecule is C[C@@H](C(=O)Nc1ccc([N+](=O)[O-])cc1Cl)N1CCC[C@H](N(C)Cc2ccccc2)CC1. The fourth-order valence-electron chi connectivity index (χ4n) is 4.05. The molecule has 0 unspecified atom stereocenters. The molecule has 1 amide bonds. The Labute approximate surface area is 188 Å². The first kappa shape index (κ1) is 23.2.